The maximum Gasteiger partial charge on any atom is 0.0770 e. The van der Waals surface area contributed by atoms with Crippen molar-refractivity contribution in [2.45, 2.75) is 25.9 Å². The standard InChI is InChI=1S/C5H12O2.Hg/c1-2-3-5(7)4-6;/h5-7H,2-4H2,1H3;. The summed E-state index contributed by atoms with van der Waals surface area (Å²) in [5.41, 5.74) is 0. The van der Waals surface area contributed by atoms with Gasteiger partial charge in [-0.25, -0.2) is 0 Å². The minimum absolute atomic E-state index is 0. The normalized spacial score (nSPS) is 12.4. The molecular weight excluding hydrogens is 293 g/mol. The molecule has 0 aromatic rings. The van der Waals surface area contributed by atoms with Crippen molar-refractivity contribution >= 4 is 0 Å². The van der Waals surface area contributed by atoms with Crippen LogP contribution in [0.2, 0.25) is 0 Å². The molecule has 0 fully saturated rings. The molecule has 0 aliphatic carbocycles. The average Bonchev–Trinajstić information content (AvgIpc) is 1.68. The summed E-state index contributed by atoms with van der Waals surface area (Å²) in [4.78, 5) is 0. The van der Waals surface area contributed by atoms with Crippen LogP contribution in [0.15, 0.2) is 0 Å². The zero-order chi connectivity index (χ0) is 5.70. The Labute approximate surface area is 70.4 Å². The smallest absolute Gasteiger partial charge is 0.0770 e. The fourth-order valence-corrected chi connectivity index (χ4v) is 0.425. The number of rotatable bonds is 3. The monoisotopic (exact) mass is 306 g/mol. The van der Waals surface area contributed by atoms with Crippen LogP contribution in [0.3, 0.4) is 0 Å². The number of hydrogen-bond donors (Lipinski definition) is 2. The molecule has 0 aliphatic heterocycles. The van der Waals surface area contributed by atoms with Crippen LogP contribution >= 0.6 is 0 Å². The van der Waals surface area contributed by atoms with E-state index in [1.807, 2.05) is 6.92 Å². The molecule has 46 valence electrons. The molecule has 0 rings (SSSR count). The second kappa shape index (κ2) is 7.86. The first-order chi connectivity index (χ1) is 3.31. The molecule has 2 nitrogen and oxygen atoms in total. The first-order valence-electron chi connectivity index (χ1n) is 2.60. The third kappa shape index (κ3) is 6.86. The van der Waals surface area contributed by atoms with E-state index in [2.05, 4.69) is 0 Å². The van der Waals surface area contributed by atoms with E-state index < -0.39 is 6.10 Å². The first kappa shape index (κ1) is 11.6. The Kier molecular flexibility index (Phi) is 11.4. The Hall–Kier alpha value is 0.855. The molecule has 0 amide bonds. The van der Waals surface area contributed by atoms with Crippen molar-refractivity contribution in [1.29, 1.82) is 0 Å². The van der Waals surface area contributed by atoms with E-state index in [0.717, 1.165) is 6.42 Å². The van der Waals surface area contributed by atoms with E-state index in [-0.39, 0.29) is 34.3 Å². The van der Waals surface area contributed by atoms with Crippen LogP contribution in [0, 0.1) is 0 Å². The van der Waals surface area contributed by atoms with Gasteiger partial charge >= 0.3 is 0 Å². The summed E-state index contributed by atoms with van der Waals surface area (Å²) >= 11 is 0. The third-order valence-electron chi connectivity index (χ3n) is 0.833. The summed E-state index contributed by atoms with van der Waals surface area (Å²) in [5.74, 6) is 0. The van der Waals surface area contributed by atoms with Crippen LogP contribution in [0.4, 0.5) is 0 Å². The molecule has 0 heterocycles. The molecule has 0 radical (unpaired) electrons. The molecule has 0 saturated heterocycles. The quantitative estimate of drug-likeness (QED) is 0.728. The zero-order valence-corrected chi connectivity index (χ0v) is 10.8. The Bertz CT molecular complexity index is 41.4. The van der Waals surface area contributed by atoms with Crippen molar-refractivity contribution in [2.24, 2.45) is 0 Å². The van der Waals surface area contributed by atoms with Gasteiger partial charge in [-0.3, -0.25) is 0 Å². The van der Waals surface area contributed by atoms with E-state index in [0.29, 0.717) is 6.42 Å². The van der Waals surface area contributed by atoms with Crippen LogP contribution in [0.5, 0.6) is 0 Å². The Morgan fingerprint density at radius 2 is 2.00 bits per heavy atom. The van der Waals surface area contributed by atoms with Gasteiger partial charge in [0.1, 0.15) is 0 Å². The summed E-state index contributed by atoms with van der Waals surface area (Å²) in [5, 5.41) is 16.8. The number of hydrogen-bond acceptors (Lipinski definition) is 2. The van der Waals surface area contributed by atoms with Crippen molar-refractivity contribution in [2.75, 3.05) is 6.61 Å². The van der Waals surface area contributed by atoms with Crippen LogP contribution in [0.1, 0.15) is 19.8 Å². The molecule has 0 bridgehead atoms. The largest absolute Gasteiger partial charge is 0.394 e. The van der Waals surface area contributed by atoms with Crippen molar-refractivity contribution in [3.8, 4) is 0 Å². The average molecular weight is 305 g/mol. The predicted molar refractivity (Wildman–Crippen MR) is 28.0 cm³/mol. The minimum Gasteiger partial charge on any atom is -0.394 e. The maximum atomic E-state index is 8.61. The van der Waals surface area contributed by atoms with E-state index in [1.54, 1.807) is 0 Å². The van der Waals surface area contributed by atoms with Crippen molar-refractivity contribution in [3.63, 3.8) is 0 Å². The molecule has 3 heteroatoms. The maximum absolute atomic E-state index is 8.61. The van der Waals surface area contributed by atoms with Gasteiger partial charge < -0.3 is 10.2 Å². The Morgan fingerprint density at radius 3 is 2.12 bits per heavy atom. The summed E-state index contributed by atoms with van der Waals surface area (Å²) in [6, 6.07) is 0. The SMILES string of the molecule is CCCC(O)CO.[Hg]. The molecule has 1 atom stereocenters. The van der Waals surface area contributed by atoms with Crippen molar-refractivity contribution in [3.05, 3.63) is 0 Å². The zero-order valence-electron chi connectivity index (χ0n) is 5.30. The Balaban J connectivity index is 0. The molecular formula is C5H12HgO2. The van der Waals surface area contributed by atoms with Crippen molar-refractivity contribution in [1.82, 2.24) is 0 Å². The molecule has 0 aliphatic rings. The second-order valence-corrected chi connectivity index (χ2v) is 1.63. The van der Waals surface area contributed by atoms with Gasteiger partial charge in [0, 0.05) is 27.7 Å². The van der Waals surface area contributed by atoms with Crippen LogP contribution in [-0.4, -0.2) is 22.9 Å². The third-order valence-corrected chi connectivity index (χ3v) is 0.833. The molecule has 2 N–H and O–H groups in total. The van der Waals surface area contributed by atoms with Crippen LogP contribution in [0.25, 0.3) is 0 Å². The van der Waals surface area contributed by atoms with Crippen LogP contribution < -0.4 is 0 Å². The predicted octanol–water partition coefficient (Wildman–Crippen LogP) is 0.137. The molecule has 1 unspecified atom stereocenters. The summed E-state index contributed by atoms with van der Waals surface area (Å²) in [6.45, 7) is 1.87. The molecule has 0 saturated carbocycles. The number of aliphatic hydroxyl groups is 2. The summed E-state index contributed by atoms with van der Waals surface area (Å²) < 4.78 is 0. The second-order valence-electron chi connectivity index (χ2n) is 1.63. The first-order valence-corrected chi connectivity index (χ1v) is 2.60. The molecule has 0 aromatic heterocycles. The summed E-state index contributed by atoms with van der Waals surface area (Å²) in [7, 11) is 0. The van der Waals surface area contributed by atoms with Gasteiger partial charge in [-0.1, -0.05) is 13.3 Å². The van der Waals surface area contributed by atoms with Gasteiger partial charge in [-0.2, -0.15) is 0 Å². The van der Waals surface area contributed by atoms with E-state index in [4.69, 9.17) is 10.2 Å². The minimum atomic E-state index is -0.495. The van der Waals surface area contributed by atoms with E-state index >= 15 is 0 Å². The fraction of sp³-hybridized carbons (Fsp3) is 1.00. The molecule has 0 spiro atoms. The van der Waals surface area contributed by atoms with Gasteiger partial charge in [0.15, 0.2) is 0 Å². The fourth-order valence-electron chi connectivity index (χ4n) is 0.425. The Morgan fingerprint density at radius 1 is 1.50 bits per heavy atom. The van der Waals surface area contributed by atoms with E-state index in [9.17, 15) is 0 Å². The van der Waals surface area contributed by atoms with Crippen molar-refractivity contribution < 1.29 is 37.9 Å². The van der Waals surface area contributed by atoms with Gasteiger partial charge in [0.05, 0.1) is 12.7 Å². The van der Waals surface area contributed by atoms with Gasteiger partial charge in [0.25, 0.3) is 0 Å². The summed E-state index contributed by atoms with van der Waals surface area (Å²) in [6.07, 6.45) is 1.14. The van der Waals surface area contributed by atoms with Gasteiger partial charge in [-0.05, 0) is 6.42 Å². The van der Waals surface area contributed by atoms with Crippen LogP contribution in [-0.2, 0) is 27.7 Å². The van der Waals surface area contributed by atoms with E-state index in [1.165, 1.54) is 0 Å². The molecule has 8 heavy (non-hydrogen) atoms. The topological polar surface area (TPSA) is 40.5 Å². The molecule has 0 aromatic carbocycles. The van der Waals surface area contributed by atoms with Gasteiger partial charge in [0.2, 0.25) is 0 Å². The number of aliphatic hydroxyl groups excluding tert-OH is 2. The van der Waals surface area contributed by atoms with Gasteiger partial charge in [-0.15, -0.1) is 0 Å².